The van der Waals surface area contributed by atoms with E-state index in [0.717, 1.165) is 10.4 Å². The number of aromatic amines is 1. The summed E-state index contributed by atoms with van der Waals surface area (Å²) in [5, 5.41) is 6.84. The van der Waals surface area contributed by atoms with Gasteiger partial charge < -0.3 is 9.47 Å². The van der Waals surface area contributed by atoms with Crippen molar-refractivity contribution in [1.82, 2.24) is 15.2 Å². The van der Waals surface area contributed by atoms with E-state index in [0.29, 0.717) is 17.1 Å². The molecule has 1 N–H and O–H groups in total. The maximum atomic E-state index is 12.0. The Morgan fingerprint density at radius 2 is 2.23 bits per heavy atom. The van der Waals surface area contributed by atoms with Crippen molar-refractivity contribution in [3.63, 3.8) is 0 Å². The van der Waals surface area contributed by atoms with Gasteiger partial charge >= 0.3 is 5.97 Å². The van der Waals surface area contributed by atoms with Crippen LogP contribution in [0.15, 0.2) is 42.0 Å². The lowest BCUT2D eigenvalue weighted by molar-refractivity contribution is 0.0469. The van der Waals surface area contributed by atoms with E-state index < -0.39 is 5.97 Å². The average Bonchev–Trinajstić information content (AvgIpc) is 3.24. The Morgan fingerprint density at radius 3 is 3.00 bits per heavy atom. The number of aromatic nitrogens is 3. The van der Waals surface area contributed by atoms with E-state index in [9.17, 15) is 4.79 Å². The molecule has 2 aromatic heterocycles. The van der Waals surface area contributed by atoms with Crippen molar-refractivity contribution in [2.24, 2.45) is 0 Å². The first-order valence-corrected chi connectivity index (χ1v) is 7.39. The minimum Gasteiger partial charge on any atom is -0.496 e. The zero-order valence-corrected chi connectivity index (χ0v) is 12.6. The highest BCUT2D eigenvalue weighted by Crippen LogP contribution is 2.28. The first-order chi connectivity index (χ1) is 10.8. The summed E-state index contributed by atoms with van der Waals surface area (Å²) in [7, 11) is 1.59. The fraction of sp³-hybridized carbons (Fsp3) is 0.133. The maximum Gasteiger partial charge on any atom is 0.356 e. The monoisotopic (exact) mass is 315 g/mol. The topological polar surface area (TPSA) is 77.1 Å². The molecular formula is C15H13N3O3S. The highest BCUT2D eigenvalue weighted by atomic mass is 32.1. The SMILES string of the molecule is COc1ccccc1-c1cc(C(=O)OCc2cncs2)[nH]n1. The molecule has 0 amide bonds. The second-order valence-electron chi connectivity index (χ2n) is 4.41. The van der Waals surface area contributed by atoms with Crippen molar-refractivity contribution in [2.45, 2.75) is 6.61 Å². The molecule has 0 aliphatic rings. The van der Waals surface area contributed by atoms with Crippen LogP contribution in [0.5, 0.6) is 5.75 Å². The van der Waals surface area contributed by atoms with Crippen LogP contribution >= 0.6 is 11.3 Å². The van der Waals surface area contributed by atoms with Gasteiger partial charge in [-0.1, -0.05) is 12.1 Å². The minimum atomic E-state index is -0.456. The van der Waals surface area contributed by atoms with E-state index in [4.69, 9.17) is 9.47 Å². The number of nitrogens with zero attached hydrogens (tertiary/aromatic N) is 2. The molecular weight excluding hydrogens is 302 g/mol. The van der Waals surface area contributed by atoms with Crippen molar-refractivity contribution in [3.05, 3.63) is 52.6 Å². The molecule has 0 saturated heterocycles. The average molecular weight is 315 g/mol. The minimum absolute atomic E-state index is 0.201. The highest BCUT2D eigenvalue weighted by molar-refractivity contribution is 7.09. The lowest BCUT2D eigenvalue weighted by atomic mass is 10.1. The molecule has 0 unspecified atom stereocenters. The molecule has 7 heteroatoms. The number of H-pyrrole nitrogens is 1. The van der Waals surface area contributed by atoms with Crippen LogP contribution in [-0.4, -0.2) is 28.3 Å². The second-order valence-corrected chi connectivity index (χ2v) is 5.38. The number of methoxy groups -OCH3 is 1. The van der Waals surface area contributed by atoms with Gasteiger partial charge in [-0.3, -0.25) is 10.1 Å². The molecule has 0 bridgehead atoms. The predicted molar refractivity (Wildman–Crippen MR) is 81.8 cm³/mol. The molecule has 3 rings (SSSR count). The number of para-hydroxylation sites is 1. The second kappa shape index (κ2) is 6.40. The largest absolute Gasteiger partial charge is 0.496 e. The van der Waals surface area contributed by atoms with Crippen molar-refractivity contribution in [1.29, 1.82) is 0 Å². The van der Waals surface area contributed by atoms with Crippen LogP contribution in [0, 0.1) is 0 Å². The number of nitrogens with one attached hydrogen (secondary N) is 1. The summed E-state index contributed by atoms with van der Waals surface area (Å²) in [5.74, 6) is 0.237. The third kappa shape index (κ3) is 2.99. The lowest BCUT2D eigenvalue weighted by Gasteiger charge is -2.04. The third-order valence-corrected chi connectivity index (χ3v) is 3.76. The maximum absolute atomic E-state index is 12.0. The van der Waals surface area contributed by atoms with E-state index in [1.165, 1.54) is 11.3 Å². The Morgan fingerprint density at radius 1 is 1.36 bits per heavy atom. The molecule has 0 atom stereocenters. The highest BCUT2D eigenvalue weighted by Gasteiger charge is 2.14. The fourth-order valence-electron chi connectivity index (χ4n) is 1.95. The lowest BCUT2D eigenvalue weighted by Crippen LogP contribution is -2.04. The van der Waals surface area contributed by atoms with Gasteiger partial charge in [-0.25, -0.2) is 4.79 Å². The van der Waals surface area contributed by atoms with Gasteiger partial charge in [-0.05, 0) is 18.2 Å². The number of thiazole rings is 1. The Hall–Kier alpha value is -2.67. The van der Waals surface area contributed by atoms with Gasteiger partial charge in [-0.2, -0.15) is 5.10 Å². The molecule has 1 aromatic carbocycles. The van der Waals surface area contributed by atoms with Gasteiger partial charge in [-0.15, -0.1) is 11.3 Å². The number of hydrogen-bond acceptors (Lipinski definition) is 6. The zero-order chi connectivity index (χ0) is 15.4. The van der Waals surface area contributed by atoms with E-state index in [1.54, 1.807) is 24.9 Å². The summed E-state index contributed by atoms with van der Waals surface area (Å²) in [4.78, 5) is 16.8. The number of hydrogen-bond donors (Lipinski definition) is 1. The van der Waals surface area contributed by atoms with Crippen molar-refractivity contribution < 1.29 is 14.3 Å². The van der Waals surface area contributed by atoms with Crippen LogP contribution in [-0.2, 0) is 11.3 Å². The quantitative estimate of drug-likeness (QED) is 0.733. The van der Waals surface area contributed by atoms with Crippen LogP contribution in [0.1, 0.15) is 15.4 Å². The van der Waals surface area contributed by atoms with Crippen molar-refractivity contribution in [2.75, 3.05) is 7.11 Å². The van der Waals surface area contributed by atoms with Gasteiger partial charge in [0.2, 0.25) is 0 Å². The van der Waals surface area contributed by atoms with E-state index in [2.05, 4.69) is 15.2 Å². The number of ether oxygens (including phenoxy) is 2. The van der Waals surface area contributed by atoms with Crippen molar-refractivity contribution >= 4 is 17.3 Å². The van der Waals surface area contributed by atoms with Crippen LogP contribution in [0.25, 0.3) is 11.3 Å². The van der Waals surface area contributed by atoms with Gasteiger partial charge in [0.25, 0.3) is 0 Å². The molecule has 0 aliphatic heterocycles. The van der Waals surface area contributed by atoms with E-state index >= 15 is 0 Å². The van der Waals surface area contributed by atoms with Crippen LogP contribution in [0.3, 0.4) is 0 Å². The smallest absolute Gasteiger partial charge is 0.356 e. The molecule has 0 fully saturated rings. The number of rotatable bonds is 5. The van der Waals surface area contributed by atoms with Gasteiger partial charge in [0.1, 0.15) is 18.1 Å². The summed E-state index contributed by atoms with van der Waals surface area (Å²) < 4.78 is 10.5. The molecule has 3 aromatic rings. The molecule has 2 heterocycles. The first kappa shape index (κ1) is 14.3. The first-order valence-electron chi connectivity index (χ1n) is 6.51. The molecule has 112 valence electrons. The van der Waals surface area contributed by atoms with Gasteiger partial charge in [0, 0.05) is 11.8 Å². The van der Waals surface area contributed by atoms with E-state index in [1.807, 2.05) is 24.3 Å². The van der Waals surface area contributed by atoms with Gasteiger partial charge in [0.05, 0.1) is 23.2 Å². The standard InChI is InChI=1S/C15H13N3O3S/c1-20-14-5-3-2-4-11(14)12-6-13(18-17-12)15(19)21-8-10-7-16-9-22-10/h2-7,9H,8H2,1H3,(H,17,18). The Labute approximate surface area is 130 Å². The Bertz CT molecular complexity index is 768. The molecule has 0 saturated carbocycles. The van der Waals surface area contributed by atoms with Crippen LogP contribution in [0.2, 0.25) is 0 Å². The van der Waals surface area contributed by atoms with Gasteiger partial charge in [0.15, 0.2) is 0 Å². The Balaban J connectivity index is 1.74. The summed E-state index contributed by atoms with van der Waals surface area (Å²) >= 11 is 1.44. The zero-order valence-electron chi connectivity index (χ0n) is 11.8. The summed E-state index contributed by atoms with van der Waals surface area (Å²) in [6.07, 6.45) is 1.67. The molecule has 0 spiro atoms. The number of carbonyl (C=O) groups excluding carboxylic acids is 1. The van der Waals surface area contributed by atoms with Crippen LogP contribution < -0.4 is 4.74 Å². The molecule has 0 aliphatic carbocycles. The Kier molecular flexibility index (Phi) is 4.15. The summed E-state index contributed by atoms with van der Waals surface area (Å²) in [6.45, 7) is 0.201. The van der Waals surface area contributed by atoms with Crippen LogP contribution in [0.4, 0.5) is 0 Å². The molecule has 0 radical (unpaired) electrons. The summed E-state index contributed by atoms with van der Waals surface area (Å²) in [5.41, 5.74) is 3.43. The van der Waals surface area contributed by atoms with E-state index in [-0.39, 0.29) is 6.61 Å². The number of esters is 1. The normalized spacial score (nSPS) is 10.4. The fourth-order valence-corrected chi connectivity index (χ4v) is 2.45. The number of carbonyl (C=O) groups is 1. The molecule has 6 nitrogen and oxygen atoms in total. The third-order valence-electron chi connectivity index (χ3n) is 3.01. The number of benzene rings is 1. The predicted octanol–water partition coefficient (Wildman–Crippen LogP) is 2.90. The molecule has 22 heavy (non-hydrogen) atoms. The van der Waals surface area contributed by atoms with Crippen molar-refractivity contribution in [3.8, 4) is 17.0 Å². The summed E-state index contributed by atoms with van der Waals surface area (Å²) in [6, 6.07) is 9.12.